The molecule has 0 amide bonds. The molecule has 0 bridgehead atoms. The van der Waals surface area contributed by atoms with Crippen LogP contribution >= 0.6 is 8.60 Å². The van der Waals surface area contributed by atoms with Crippen LogP contribution < -0.4 is 5.73 Å². The van der Waals surface area contributed by atoms with Gasteiger partial charge in [-0.3, -0.25) is 0 Å². The molecule has 1 fully saturated rings. The fraction of sp³-hybridized carbons (Fsp3) is 0.675. The van der Waals surface area contributed by atoms with Crippen molar-refractivity contribution in [2.75, 3.05) is 32.2 Å². The van der Waals surface area contributed by atoms with Crippen molar-refractivity contribution in [3.8, 4) is 12.1 Å². The molecule has 3 aromatic rings. The van der Waals surface area contributed by atoms with E-state index in [0.717, 1.165) is 24.1 Å². The van der Waals surface area contributed by atoms with Gasteiger partial charge in [-0.2, -0.15) is 15.6 Å². The Morgan fingerprint density at radius 1 is 0.926 bits per heavy atom. The number of rotatable bonds is 29. The molecule has 0 aromatic carbocycles. The average molecular weight is 766 g/mol. The van der Waals surface area contributed by atoms with Crippen LogP contribution in [-0.2, 0) is 29.9 Å². The zero-order valence-corrected chi connectivity index (χ0v) is 33.0. The molecule has 3 N–H and O–H groups in total. The van der Waals surface area contributed by atoms with Crippen molar-refractivity contribution in [3.63, 3.8) is 0 Å². The van der Waals surface area contributed by atoms with E-state index in [2.05, 4.69) is 28.1 Å². The van der Waals surface area contributed by atoms with Gasteiger partial charge in [-0.05, 0) is 43.0 Å². The summed E-state index contributed by atoms with van der Waals surface area (Å²) in [5, 5.41) is 23.4. The Bertz CT molecular complexity index is 1560. The molecule has 14 heteroatoms. The third-order valence-corrected chi connectivity index (χ3v) is 10.6. The van der Waals surface area contributed by atoms with E-state index in [1.165, 1.54) is 96.2 Å². The summed E-state index contributed by atoms with van der Waals surface area (Å²) >= 11 is 0. The molecule has 54 heavy (non-hydrogen) atoms. The van der Waals surface area contributed by atoms with Crippen LogP contribution in [0.4, 0.5) is 5.82 Å². The van der Waals surface area contributed by atoms with Gasteiger partial charge in [0.1, 0.15) is 41.9 Å². The summed E-state index contributed by atoms with van der Waals surface area (Å²) in [6, 6.07) is 11.4. The maximum Gasteiger partial charge on any atom is 0.330 e. The van der Waals surface area contributed by atoms with Crippen molar-refractivity contribution in [3.05, 3.63) is 53.7 Å². The summed E-state index contributed by atoms with van der Waals surface area (Å²) < 4.78 is 31.2. The third kappa shape index (κ3) is 15.1. The van der Waals surface area contributed by atoms with Crippen LogP contribution in [0.5, 0.6) is 0 Å². The van der Waals surface area contributed by atoms with Gasteiger partial charge in [0, 0.05) is 12.8 Å². The quantitative estimate of drug-likeness (QED) is 0.0507. The number of hydrogen-bond acceptors (Lipinski definition) is 12. The molecule has 1 aliphatic rings. The topological polar surface area (TPSA) is 183 Å². The van der Waals surface area contributed by atoms with E-state index in [9.17, 15) is 10.2 Å². The molecule has 3 aromatic heterocycles. The Morgan fingerprint density at radius 2 is 1.61 bits per heavy atom. The number of nitrogen functional groups attached to an aromatic ring is 1. The second-order valence-corrected chi connectivity index (χ2v) is 15.2. The minimum absolute atomic E-state index is 0.0190. The van der Waals surface area contributed by atoms with E-state index in [-0.39, 0.29) is 26.4 Å². The maximum absolute atomic E-state index is 10.6. The van der Waals surface area contributed by atoms with Crippen LogP contribution in [-0.4, -0.2) is 62.6 Å². The molecular formula is C40H60N7O6P. The SMILES string of the molecule is CCCCCCCCCCCCCCCCCCOCC(COP(O)OCC1(C#N)CCC(c2ccc3c(N)ncnn23)O1)OCc1ccc(C#N)nc1. The predicted octanol–water partition coefficient (Wildman–Crippen LogP) is 8.81. The highest BCUT2D eigenvalue weighted by Crippen LogP contribution is 2.43. The van der Waals surface area contributed by atoms with E-state index in [4.69, 9.17) is 34.3 Å². The van der Waals surface area contributed by atoms with Gasteiger partial charge < -0.3 is 33.9 Å². The number of ether oxygens (including phenoxy) is 3. The molecule has 0 spiro atoms. The molecule has 4 atom stereocenters. The highest BCUT2D eigenvalue weighted by Gasteiger charge is 2.43. The van der Waals surface area contributed by atoms with Crippen molar-refractivity contribution in [2.45, 2.75) is 147 Å². The van der Waals surface area contributed by atoms with Gasteiger partial charge >= 0.3 is 8.60 Å². The van der Waals surface area contributed by atoms with Gasteiger partial charge in [0.25, 0.3) is 0 Å². The molecule has 1 saturated heterocycles. The van der Waals surface area contributed by atoms with E-state index < -0.39 is 26.4 Å². The van der Waals surface area contributed by atoms with E-state index in [0.29, 0.717) is 36.5 Å². The molecular weight excluding hydrogens is 705 g/mol. The van der Waals surface area contributed by atoms with Crippen molar-refractivity contribution >= 4 is 19.9 Å². The van der Waals surface area contributed by atoms with E-state index in [1.54, 1.807) is 22.8 Å². The largest absolute Gasteiger partial charge is 0.382 e. The first kappa shape index (κ1) is 43.5. The Labute approximate surface area is 322 Å². The van der Waals surface area contributed by atoms with Crippen molar-refractivity contribution < 1.29 is 28.2 Å². The number of nitriles is 2. The van der Waals surface area contributed by atoms with Crippen LogP contribution in [0.3, 0.4) is 0 Å². The molecule has 0 aliphatic carbocycles. The molecule has 1 aliphatic heterocycles. The van der Waals surface area contributed by atoms with Crippen molar-refractivity contribution in [2.24, 2.45) is 0 Å². The number of unbranched alkanes of at least 4 members (excludes halogenated alkanes) is 15. The molecule has 13 nitrogen and oxygen atoms in total. The summed E-state index contributed by atoms with van der Waals surface area (Å²) in [6.45, 7) is 3.24. The average Bonchev–Trinajstić information content (AvgIpc) is 3.83. The van der Waals surface area contributed by atoms with Gasteiger partial charge in [0.15, 0.2) is 11.4 Å². The first-order chi connectivity index (χ1) is 26.5. The van der Waals surface area contributed by atoms with Crippen LogP contribution in [0.25, 0.3) is 5.52 Å². The summed E-state index contributed by atoms with van der Waals surface area (Å²) in [5.74, 6) is 0.355. The van der Waals surface area contributed by atoms with Gasteiger partial charge in [-0.1, -0.05) is 109 Å². The van der Waals surface area contributed by atoms with Crippen molar-refractivity contribution in [1.82, 2.24) is 19.6 Å². The number of aromatic nitrogens is 4. The highest BCUT2D eigenvalue weighted by atomic mass is 31.2. The van der Waals surface area contributed by atoms with Gasteiger partial charge in [-0.15, -0.1) is 0 Å². The van der Waals surface area contributed by atoms with Crippen LogP contribution in [0.2, 0.25) is 0 Å². The van der Waals surface area contributed by atoms with Gasteiger partial charge in [0.05, 0.1) is 32.1 Å². The lowest BCUT2D eigenvalue weighted by atomic mass is 10.0. The second kappa shape index (κ2) is 25.0. The molecule has 0 radical (unpaired) electrons. The number of pyridine rings is 1. The standard InChI is InChI=1S/C40H60N7O6P/c1-2-3-4-5-6-7-8-9-10-11-12-13-14-15-16-17-24-49-28-35(50-27-33-18-19-34(25-41)44-26-33)29-51-54(48)52-31-40(30-42)23-22-38(53-40)36-20-21-37-39(43)45-32-46-47(36)37/h18-21,26,32,35,38,48H,2-17,22-24,27-29,31H2,1H3,(H2,43,45,46). The summed E-state index contributed by atoms with van der Waals surface area (Å²) in [4.78, 5) is 18.8. The first-order valence-electron chi connectivity index (χ1n) is 19.9. The van der Waals surface area contributed by atoms with E-state index in [1.807, 2.05) is 18.2 Å². The molecule has 4 rings (SSSR count). The summed E-state index contributed by atoms with van der Waals surface area (Å²) in [7, 11) is -2.33. The van der Waals surface area contributed by atoms with Crippen molar-refractivity contribution in [1.29, 1.82) is 10.5 Å². The molecule has 4 heterocycles. The number of hydrogen-bond donors (Lipinski definition) is 2. The zero-order chi connectivity index (χ0) is 38.3. The molecule has 0 saturated carbocycles. The lowest BCUT2D eigenvalue weighted by Crippen LogP contribution is -2.32. The fourth-order valence-corrected chi connectivity index (χ4v) is 7.33. The third-order valence-electron chi connectivity index (χ3n) is 9.87. The Kier molecular flexibility index (Phi) is 20.1. The Hall–Kier alpha value is -3.26. The number of nitrogens with zero attached hydrogens (tertiary/aromatic N) is 6. The first-order valence-corrected chi connectivity index (χ1v) is 21.1. The van der Waals surface area contributed by atoms with E-state index >= 15 is 0 Å². The van der Waals surface area contributed by atoms with Gasteiger partial charge in [-0.25, -0.2) is 14.5 Å². The fourth-order valence-electron chi connectivity index (χ4n) is 6.65. The molecule has 4 unspecified atom stereocenters. The smallest absolute Gasteiger partial charge is 0.330 e. The number of nitrogens with two attached hydrogens (primary N) is 1. The Balaban J connectivity index is 1.11. The summed E-state index contributed by atoms with van der Waals surface area (Å²) in [6.07, 6.45) is 24.1. The Morgan fingerprint density at radius 3 is 2.24 bits per heavy atom. The number of anilines is 1. The van der Waals surface area contributed by atoms with Crippen LogP contribution in [0.15, 0.2) is 36.8 Å². The van der Waals surface area contributed by atoms with Crippen LogP contribution in [0.1, 0.15) is 146 Å². The molecule has 296 valence electrons. The minimum atomic E-state index is -2.33. The number of fused-ring (bicyclic) bond motifs is 1. The van der Waals surface area contributed by atoms with Crippen LogP contribution in [0, 0.1) is 22.7 Å². The second-order valence-electron chi connectivity index (χ2n) is 14.2. The maximum atomic E-state index is 10.6. The zero-order valence-electron chi connectivity index (χ0n) is 32.1. The highest BCUT2D eigenvalue weighted by molar-refractivity contribution is 7.40. The summed E-state index contributed by atoms with van der Waals surface area (Å²) in [5.41, 5.74) is 7.27. The monoisotopic (exact) mass is 765 g/mol. The lowest BCUT2D eigenvalue weighted by Gasteiger charge is -2.24. The predicted molar refractivity (Wildman–Crippen MR) is 208 cm³/mol. The van der Waals surface area contributed by atoms with Gasteiger partial charge in [0.2, 0.25) is 0 Å². The lowest BCUT2D eigenvalue weighted by molar-refractivity contribution is -0.0540. The normalized spacial score (nSPS) is 18.1. The minimum Gasteiger partial charge on any atom is -0.382 e.